The van der Waals surface area contributed by atoms with Crippen LogP contribution in [0.25, 0.3) is 0 Å². The molecule has 0 bridgehead atoms. The lowest BCUT2D eigenvalue weighted by Gasteiger charge is -2.10. The van der Waals surface area contributed by atoms with Crippen LogP contribution in [0.1, 0.15) is 52.6 Å². The Kier molecular flexibility index (Phi) is 7.87. The van der Waals surface area contributed by atoms with Crippen molar-refractivity contribution in [1.29, 1.82) is 0 Å². The van der Waals surface area contributed by atoms with Crippen molar-refractivity contribution in [3.05, 3.63) is 69.8 Å². The minimum absolute atomic E-state index is 0.0443. The summed E-state index contributed by atoms with van der Waals surface area (Å²) in [6.07, 6.45) is 0. The van der Waals surface area contributed by atoms with Crippen molar-refractivity contribution in [2.45, 2.75) is 13.1 Å². The quantitative estimate of drug-likeness (QED) is 0.569. The summed E-state index contributed by atoms with van der Waals surface area (Å²) in [5.41, 5.74) is 3.73. The molecule has 2 aliphatic rings. The van der Waals surface area contributed by atoms with Gasteiger partial charge in [0.25, 0.3) is 17.7 Å². The van der Waals surface area contributed by atoms with Crippen molar-refractivity contribution >= 4 is 23.7 Å². The Morgan fingerprint density at radius 1 is 0.871 bits per heavy atom. The average Bonchev–Trinajstić information content (AvgIpc) is 3.30. The number of fused-ring (bicyclic) bond motifs is 2. The topological polar surface area (TPSA) is 128 Å². The fourth-order valence-corrected chi connectivity index (χ4v) is 2.99. The standard InChI is InChI=1S/C11H12N2O2.C9H7NO3.C2H7N/c1-13(2)11(15)7-3-4-9-8(5-7)6-12-10(9)14;11-8-7-2-1-5(9(12)13)3-6(7)4-10-8;1-3-2/h3-5H,6H2,1-2H3,(H,12,14);1-3H,4H2,(H,10,11)(H,12,13);3H,1-2H3. The van der Waals surface area contributed by atoms with Gasteiger partial charge in [-0.15, -0.1) is 0 Å². The number of aromatic carboxylic acids is 1. The number of hydrogen-bond acceptors (Lipinski definition) is 5. The maximum absolute atomic E-state index is 11.6. The molecule has 2 aromatic carbocycles. The molecule has 2 aromatic rings. The van der Waals surface area contributed by atoms with Gasteiger partial charge in [0.1, 0.15) is 0 Å². The fourth-order valence-electron chi connectivity index (χ4n) is 2.99. The van der Waals surface area contributed by atoms with Gasteiger partial charge in [0.2, 0.25) is 0 Å². The average molecular weight is 426 g/mol. The van der Waals surface area contributed by atoms with Gasteiger partial charge in [-0.3, -0.25) is 14.4 Å². The number of carbonyl (C=O) groups is 4. The maximum atomic E-state index is 11.6. The SMILES string of the molecule is CN(C)C(=O)c1ccc2c(c1)CNC2=O.CNC.O=C(O)c1ccc2c(c1)CNC2=O. The Hall–Kier alpha value is -3.72. The number of nitrogens with zero attached hydrogens (tertiary/aromatic N) is 1. The van der Waals surface area contributed by atoms with Gasteiger partial charge in [0.05, 0.1) is 5.56 Å². The molecule has 4 N–H and O–H groups in total. The number of carboxylic acids is 1. The molecule has 0 saturated carbocycles. The molecule has 0 saturated heterocycles. The van der Waals surface area contributed by atoms with E-state index in [1.807, 2.05) is 14.1 Å². The molecule has 9 nitrogen and oxygen atoms in total. The van der Waals surface area contributed by atoms with Gasteiger partial charge >= 0.3 is 5.97 Å². The Morgan fingerprint density at radius 2 is 1.29 bits per heavy atom. The molecule has 0 fully saturated rings. The van der Waals surface area contributed by atoms with Crippen LogP contribution in [0.4, 0.5) is 0 Å². The second-order valence-corrected chi connectivity index (χ2v) is 7.11. The predicted molar refractivity (Wildman–Crippen MR) is 115 cm³/mol. The number of amides is 3. The minimum atomic E-state index is -0.970. The van der Waals surface area contributed by atoms with Crippen molar-refractivity contribution in [3.8, 4) is 0 Å². The van der Waals surface area contributed by atoms with Gasteiger partial charge in [-0.1, -0.05) is 0 Å². The van der Waals surface area contributed by atoms with Gasteiger partial charge < -0.3 is 26.0 Å². The summed E-state index contributed by atoms with van der Waals surface area (Å²) in [4.78, 5) is 46.1. The van der Waals surface area contributed by atoms with Crippen LogP contribution in [0.2, 0.25) is 0 Å². The second-order valence-electron chi connectivity index (χ2n) is 7.11. The van der Waals surface area contributed by atoms with Gasteiger partial charge in [-0.05, 0) is 61.6 Å². The molecule has 2 heterocycles. The molecule has 4 rings (SSSR count). The summed E-state index contributed by atoms with van der Waals surface area (Å²) in [5, 5.41) is 16.8. The number of benzene rings is 2. The first-order valence-corrected chi connectivity index (χ1v) is 9.55. The van der Waals surface area contributed by atoms with E-state index < -0.39 is 5.97 Å². The summed E-state index contributed by atoms with van der Waals surface area (Å²) in [6, 6.07) is 9.67. The highest BCUT2D eigenvalue weighted by Gasteiger charge is 2.21. The third-order valence-corrected chi connectivity index (χ3v) is 4.48. The van der Waals surface area contributed by atoms with E-state index in [0.717, 1.165) is 11.1 Å². The zero-order valence-corrected chi connectivity index (χ0v) is 17.9. The highest BCUT2D eigenvalue weighted by atomic mass is 16.4. The van der Waals surface area contributed by atoms with Crippen molar-refractivity contribution in [1.82, 2.24) is 20.9 Å². The number of hydrogen-bond donors (Lipinski definition) is 4. The van der Waals surface area contributed by atoms with E-state index in [0.29, 0.717) is 29.8 Å². The first kappa shape index (κ1) is 23.6. The summed E-state index contributed by atoms with van der Waals surface area (Å²) >= 11 is 0. The molecule has 0 atom stereocenters. The van der Waals surface area contributed by atoms with E-state index in [9.17, 15) is 19.2 Å². The van der Waals surface area contributed by atoms with Crippen molar-refractivity contribution in [3.63, 3.8) is 0 Å². The first-order chi connectivity index (χ1) is 14.7. The van der Waals surface area contributed by atoms with Crippen LogP contribution in [-0.4, -0.2) is 61.9 Å². The number of carbonyl (C=O) groups excluding carboxylic acids is 3. The van der Waals surface area contributed by atoms with Gasteiger partial charge in [-0.2, -0.15) is 0 Å². The Balaban J connectivity index is 0.000000197. The van der Waals surface area contributed by atoms with E-state index in [4.69, 9.17) is 5.11 Å². The van der Waals surface area contributed by atoms with E-state index >= 15 is 0 Å². The number of nitrogens with one attached hydrogen (secondary N) is 3. The van der Waals surface area contributed by atoms with Crippen LogP contribution >= 0.6 is 0 Å². The van der Waals surface area contributed by atoms with Crippen LogP contribution in [0.5, 0.6) is 0 Å². The van der Waals surface area contributed by atoms with E-state index in [1.165, 1.54) is 17.0 Å². The van der Waals surface area contributed by atoms with E-state index in [2.05, 4.69) is 16.0 Å². The maximum Gasteiger partial charge on any atom is 0.335 e. The molecular formula is C22H26N4O5. The lowest BCUT2D eigenvalue weighted by atomic mass is 10.1. The molecule has 9 heteroatoms. The molecule has 0 aliphatic carbocycles. The summed E-state index contributed by atoms with van der Waals surface area (Å²) in [7, 11) is 7.16. The highest BCUT2D eigenvalue weighted by Crippen LogP contribution is 2.18. The molecule has 0 aromatic heterocycles. The lowest BCUT2D eigenvalue weighted by molar-refractivity contribution is 0.0695. The van der Waals surface area contributed by atoms with Crippen LogP contribution in [0, 0.1) is 0 Å². The summed E-state index contributed by atoms with van der Waals surface area (Å²) in [6.45, 7) is 0.942. The Morgan fingerprint density at radius 3 is 1.71 bits per heavy atom. The largest absolute Gasteiger partial charge is 0.478 e. The van der Waals surface area contributed by atoms with Crippen LogP contribution in [-0.2, 0) is 13.1 Å². The first-order valence-electron chi connectivity index (χ1n) is 9.55. The van der Waals surface area contributed by atoms with Gasteiger partial charge in [0, 0.05) is 43.9 Å². The van der Waals surface area contributed by atoms with Crippen molar-refractivity contribution in [2.75, 3.05) is 28.2 Å². The minimum Gasteiger partial charge on any atom is -0.478 e. The second kappa shape index (κ2) is 10.4. The number of carboxylic acid groups (broad SMARTS) is 1. The predicted octanol–water partition coefficient (Wildman–Crippen LogP) is 1.10. The van der Waals surface area contributed by atoms with Crippen molar-refractivity contribution < 1.29 is 24.3 Å². The molecule has 3 amide bonds. The normalized spacial score (nSPS) is 12.8. The number of rotatable bonds is 2. The third-order valence-electron chi connectivity index (χ3n) is 4.48. The van der Waals surface area contributed by atoms with Crippen LogP contribution < -0.4 is 16.0 Å². The molecule has 0 unspecified atom stereocenters. The molecule has 164 valence electrons. The van der Waals surface area contributed by atoms with Gasteiger partial charge in [0.15, 0.2) is 0 Å². The zero-order valence-electron chi connectivity index (χ0n) is 17.9. The highest BCUT2D eigenvalue weighted by molar-refractivity contribution is 6.01. The van der Waals surface area contributed by atoms with Gasteiger partial charge in [-0.25, -0.2) is 4.79 Å². The van der Waals surface area contributed by atoms with Crippen molar-refractivity contribution in [2.24, 2.45) is 0 Å². The van der Waals surface area contributed by atoms with E-state index in [-0.39, 0.29) is 23.3 Å². The Labute approximate surface area is 180 Å². The molecular weight excluding hydrogens is 400 g/mol. The zero-order chi connectivity index (χ0) is 23.1. The summed E-state index contributed by atoms with van der Waals surface area (Å²) < 4.78 is 0. The molecule has 2 aliphatic heterocycles. The summed E-state index contributed by atoms with van der Waals surface area (Å²) in [5.74, 6) is -1.21. The fraction of sp³-hybridized carbons (Fsp3) is 0.273. The monoisotopic (exact) mass is 426 g/mol. The van der Waals surface area contributed by atoms with Crippen LogP contribution in [0.15, 0.2) is 36.4 Å². The Bertz CT molecular complexity index is 1020. The third kappa shape index (κ3) is 5.67. The van der Waals surface area contributed by atoms with Crippen LogP contribution in [0.3, 0.4) is 0 Å². The smallest absolute Gasteiger partial charge is 0.335 e. The molecule has 0 spiro atoms. The van der Waals surface area contributed by atoms with E-state index in [1.54, 1.807) is 38.4 Å². The molecule has 31 heavy (non-hydrogen) atoms. The lowest BCUT2D eigenvalue weighted by Crippen LogP contribution is -2.21. The molecule has 0 radical (unpaired) electrons.